The van der Waals surface area contributed by atoms with Gasteiger partial charge in [-0.3, -0.25) is 4.79 Å². The Morgan fingerprint density at radius 1 is 1.41 bits per heavy atom. The number of amides is 1. The van der Waals surface area contributed by atoms with E-state index in [0.717, 1.165) is 0 Å². The lowest BCUT2D eigenvalue weighted by molar-refractivity contribution is -0.119. The van der Waals surface area contributed by atoms with Crippen LogP contribution in [0.3, 0.4) is 0 Å². The zero-order valence-corrected chi connectivity index (χ0v) is 12.0. The van der Waals surface area contributed by atoms with Crippen LogP contribution in [0, 0.1) is 11.3 Å². The first-order chi connectivity index (χ1) is 10.6. The molecule has 1 atom stereocenters. The second-order valence-electron chi connectivity index (χ2n) is 4.92. The van der Waals surface area contributed by atoms with Crippen LogP contribution in [0.15, 0.2) is 36.5 Å². The van der Waals surface area contributed by atoms with E-state index in [2.05, 4.69) is 16.4 Å². The molecular weight excluding hydrogens is 280 g/mol. The van der Waals surface area contributed by atoms with Gasteiger partial charge < -0.3 is 15.8 Å². The van der Waals surface area contributed by atoms with Crippen molar-refractivity contribution in [2.45, 2.75) is 12.5 Å². The molecule has 1 aliphatic heterocycles. The molecular formula is C16H14N4O2. The number of hydrogen-bond acceptors (Lipinski definition) is 5. The number of aromatic nitrogens is 1. The fourth-order valence-corrected chi connectivity index (χ4v) is 2.60. The molecule has 6 heteroatoms. The van der Waals surface area contributed by atoms with Crippen LogP contribution in [0.2, 0.25) is 0 Å². The van der Waals surface area contributed by atoms with E-state index >= 15 is 0 Å². The molecule has 1 aromatic heterocycles. The van der Waals surface area contributed by atoms with Crippen LogP contribution >= 0.6 is 0 Å². The SMILES string of the molecule is CCOc1ncccc1[C@]1(N)C(=O)Nc2ccc(C#N)cc21. The Labute approximate surface area is 127 Å². The Bertz CT molecular complexity index is 797. The minimum absolute atomic E-state index is 0.317. The van der Waals surface area contributed by atoms with E-state index in [-0.39, 0.29) is 5.91 Å². The maximum absolute atomic E-state index is 12.5. The second-order valence-corrected chi connectivity index (χ2v) is 4.92. The van der Waals surface area contributed by atoms with Crippen molar-refractivity contribution in [2.75, 3.05) is 11.9 Å². The molecule has 1 aliphatic rings. The number of nitrogens with one attached hydrogen (secondary N) is 1. The number of carbonyl (C=O) groups excluding carboxylic acids is 1. The molecule has 2 aromatic rings. The Morgan fingerprint density at radius 2 is 2.23 bits per heavy atom. The lowest BCUT2D eigenvalue weighted by Gasteiger charge is -2.24. The van der Waals surface area contributed by atoms with Crippen LogP contribution in [-0.4, -0.2) is 17.5 Å². The van der Waals surface area contributed by atoms with Gasteiger partial charge in [-0.2, -0.15) is 5.26 Å². The molecule has 0 radical (unpaired) electrons. The van der Waals surface area contributed by atoms with Crippen LogP contribution in [0.5, 0.6) is 5.88 Å². The largest absolute Gasteiger partial charge is 0.478 e. The first-order valence-electron chi connectivity index (χ1n) is 6.84. The zero-order chi connectivity index (χ0) is 15.7. The summed E-state index contributed by atoms with van der Waals surface area (Å²) in [4.78, 5) is 16.7. The highest BCUT2D eigenvalue weighted by Crippen LogP contribution is 2.41. The maximum atomic E-state index is 12.5. The molecule has 0 unspecified atom stereocenters. The lowest BCUT2D eigenvalue weighted by atomic mass is 9.85. The van der Waals surface area contributed by atoms with E-state index in [1.54, 1.807) is 36.5 Å². The monoisotopic (exact) mass is 294 g/mol. The molecule has 110 valence electrons. The number of nitriles is 1. The van der Waals surface area contributed by atoms with Crippen molar-refractivity contribution in [1.82, 2.24) is 4.98 Å². The molecule has 2 heterocycles. The number of nitrogens with two attached hydrogens (primary N) is 1. The summed E-state index contributed by atoms with van der Waals surface area (Å²) in [6.45, 7) is 2.24. The Kier molecular flexibility index (Phi) is 3.28. The van der Waals surface area contributed by atoms with Crippen LogP contribution in [0.4, 0.5) is 5.69 Å². The minimum Gasteiger partial charge on any atom is -0.478 e. The van der Waals surface area contributed by atoms with Crippen molar-refractivity contribution in [3.8, 4) is 11.9 Å². The molecule has 0 spiro atoms. The number of nitrogens with zero attached hydrogens (tertiary/aromatic N) is 2. The zero-order valence-electron chi connectivity index (χ0n) is 12.0. The molecule has 0 fully saturated rings. The fourth-order valence-electron chi connectivity index (χ4n) is 2.60. The number of pyridine rings is 1. The van der Waals surface area contributed by atoms with Gasteiger partial charge in [0.1, 0.15) is 0 Å². The molecule has 22 heavy (non-hydrogen) atoms. The molecule has 1 amide bonds. The summed E-state index contributed by atoms with van der Waals surface area (Å²) >= 11 is 0. The fraction of sp³-hybridized carbons (Fsp3) is 0.188. The number of rotatable bonds is 3. The highest BCUT2D eigenvalue weighted by Gasteiger charge is 2.47. The van der Waals surface area contributed by atoms with Gasteiger partial charge in [0.15, 0.2) is 5.54 Å². The standard InChI is InChI=1S/C16H14N4O2/c1-2-22-14-11(4-3-7-19-14)16(18)12-8-10(9-17)5-6-13(12)20-15(16)21/h3-8H,2,18H2,1H3,(H,20,21)/t16-/m1/s1. The average Bonchev–Trinajstić information content (AvgIpc) is 2.80. The number of benzene rings is 1. The Hall–Kier alpha value is -2.91. The number of hydrogen-bond donors (Lipinski definition) is 2. The third-order valence-corrected chi connectivity index (χ3v) is 3.66. The van der Waals surface area contributed by atoms with Gasteiger partial charge in [-0.1, -0.05) is 0 Å². The Morgan fingerprint density at radius 3 is 2.95 bits per heavy atom. The first-order valence-corrected chi connectivity index (χ1v) is 6.84. The summed E-state index contributed by atoms with van der Waals surface area (Å²) in [7, 11) is 0. The number of carbonyl (C=O) groups is 1. The molecule has 0 saturated carbocycles. The van der Waals surface area contributed by atoms with Gasteiger partial charge in [0.2, 0.25) is 5.88 Å². The second kappa shape index (κ2) is 5.13. The molecule has 0 aliphatic carbocycles. The van der Waals surface area contributed by atoms with Gasteiger partial charge >= 0.3 is 0 Å². The first kappa shape index (κ1) is 14.0. The molecule has 1 aromatic carbocycles. The quantitative estimate of drug-likeness (QED) is 0.893. The normalized spacial score (nSPS) is 19.2. The summed E-state index contributed by atoms with van der Waals surface area (Å²) in [6.07, 6.45) is 1.58. The van der Waals surface area contributed by atoms with E-state index in [1.807, 2.05) is 6.92 Å². The predicted octanol–water partition coefficient (Wildman–Crippen LogP) is 1.51. The maximum Gasteiger partial charge on any atom is 0.254 e. The van der Waals surface area contributed by atoms with Crippen LogP contribution in [-0.2, 0) is 10.3 Å². The lowest BCUT2D eigenvalue weighted by Crippen LogP contribution is -2.45. The number of ether oxygens (including phenoxy) is 1. The van der Waals surface area contributed by atoms with Gasteiger partial charge in [-0.25, -0.2) is 4.98 Å². The van der Waals surface area contributed by atoms with Crippen molar-refractivity contribution < 1.29 is 9.53 Å². The van der Waals surface area contributed by atoms with E-state index in [1.165, 1.54) is 0 Å². The van der Waals surface area contributed by atoms with E-state index in [4.69, 9.17) is 15.7 Å². The smallest absolute Gasteiger partial charge is 0.254 e. The van der Waals surface area contributed by atoms with Crippen LogP contribution in [0.1, 0.15) is 23.6 Å². The Balaban J connectivity index is 2.23. The van der Waals surface area contributed by atoms with Crippen LogP contribution in [0.25, 0.3) is 0 Å². The molecule has 0 bridgehead atoms. The van der Waals surface area contributed by atoms with Gasteiger partial charge in [0.25, 0.3) is 5.91 Å². The minimum atomic E-state index is -1.43. The summed E-state index contributed by atoms with van der Waals surface area (Å²) in [5, 5.41) is 11.8. The predicted molar refractivity (Wildman–Crippen MR) is 80.2 cm³/mol. The van der Waals surface area contributed by atoms with Crippen molar-refractivity contribution in [1.29, 1.82) is 5.26 Å². The topological polar surface area (TPSA) is 101 Å². The average molecular weight is 294 g/mol. The van der Waals surface area contributed by atoms with Gasteiger partial charge in [-0.15, -0.1) is 0 Å². The highest BCUT2D eigenvalue weighted by molar-refractivity contribution is 6.08. The van der Waals surface area contributed by atoms with Crippen molar-refractivity contribution in [3.63, 3.8) is 0 Å². The highest BCUT2D eigenvalue weighted by atomic mass is 16.5. The van der Waals surface area contributed by atoms with E-state index < -0.39 is 5.54 Å². The molecule has 6 nitrogen and oxygen atoms in total. The van der Waals surface area contributed by atoms with Gasteiger partial charge in [-0.05, 0) is 37.3 Å². The molecule has 3 N–H and O–H groups in total. The third-order valence-electron chi connectivity index (χ3n) is 3.66. The van der Waals surface area contributed by atoms with Crippen molar-refractivity contribution in [2.24, 2.45) is 5.73 Å². The summed E-state index contributed by atoms with van der Waals surface area (Å²) in [5.74, 6) is -0.0515. The van der Waals surface area contributed by atoms with Crippen LogP contribution < -0.4 is 15.8 Å². The molecule has 0 saturated heterocycles. The number of anilines is 1. The summed E-state index contributed by atoms with van der Waals surface area (Å²) < 4.78 is 5.50. The summed E-state index contributed by atoms with van der Waals surface area (Å²) in [5.41, 5.74) is 7.07. The van der Waals surface area contributed by atoms with Crippen molar-refractivity contribution >= 4 is 11.6 Å². The van der Waals surface area contributed by atoms with Gasteiger partial charge in [0.05, 0.1) is 18.2 Å². The molecule has 3 rings (SSSR count). The van der Waals surface area contributed by atoms with E-state index in [9.17, 15) is 4.79 Å². The third kappa shape index (κ3) is 1.91. The van der Waals surface area contributed by atoms with E-state index in [0.29, 0.717) is 34.9 Å². The van der Waals surface area contributed by atoms with Gasteiger partial charge in [0, 0.05) is 23.0 Å². The summed E-state index contributed by atoms with van der Waals surface area (Å²) in [6, 6.07) is 10.4. The number of fused-ring (bicyclic) bond motifs is 1. The van der Waals surface area contributed by atoms with Crippen molar-refractivity contribution in [3.05, 3.63) is 53.2 Å².